The van der Waals surface area contributed by atoms with Crippen molar-refractivity contribution in [1.29, 1.82) is 0 Å². The lowest BCUT2D eigenvalue weighted by Gasteiger charge is -2.07. The molecule has 8 heteroatoms. The number of benzene rings is 1. The van der Waals surface area contributed by atoms with Crippen molar-refractivity contribution < 1.29 is 22.3 Å². The van der Waals surface area contributed by atoms with Crippen molar-refractivity contribution in [3.05, 3.63) is 24.0 Å². The molecule has 6 nitrogen and oxygen atoms in total. The van der Waals surface area contributed by atoms with E-state index in [2.05, 4.69) is 9.46 Å². The molecule has 1 rings (SSSR count). The molecule has 0 aliphatic carbocycles. The van der Waals surface area contributed by atoms with E-state index in [0.29, 0.717) is 0 Å². The third kappa shape index (κ3) is 3.97. The Morgan fingerprint density at radius 2 is 2.11 bits per heavy atom. The zero-order chi connectivity index (χ0) is 13.8. The summed E-state index contributed by atoms with van der Waals surface area (Å²) < 4.78 is 43.0. The normalized spacial score (nSPS) is 11.2. The predicted octanol–water partition coefficient (Wildman–Crippen LogP) is 0.249. The maximum Gasteiger partial charge on any atom is 0.306 e. The van der Waals surface area contributed by atoms with E-state index in [4.69, 9.17) is 5.73 Å². The topological polar surface area (TPSA) is 98.5 Å². The molecule has 1 aromatic rings. The molecule has 18 heavy (non-hydrogen) atoms. The second-order valence-electron chi connectivity index (χ2n) is 3.44. The Morgan fingerprint density at radius 1 is 1.44 bits per heavy atom. The summed E-state index contributed by atoms with van der Waals surface area (Å²) in [5.41, 5.74) is 5.35. The van der Waals surface area contributed by atoms with Gasteiger partial charge < -0.3 is 10.5 Å². The van der Waals surface area contributed by atoms with Gasteiger partial charge in [0, 0.05) is 12.2 Å². The number of carbonyl (C=O) groups excluding carboxylic acids is 1. The van der Waals surface area contributed by atoms with Crippen LogP contribution < -0.4 is 10.5 Å². The van der Waals surface area contributed by atoms with Gasteiger partial charge in [-0.3, -0.25) is 4.79 Å². The molecule has 0 radical (unpaired) electrons. The Bertz CT molecular complexity index is 525. The molecule has 0 aromatic heterocycles. The quantitative estimate of drug-likeness (QED) is 0.593. The van der Waals surface area contributed by atoms with Crippen LogP contribution in [0.5, 0.6) is 0 Å². The molecule has 0 saturated carbocycles. The Morgan fingerprint density at radius 3 is 2.67 bits per heavy atom. The largest absolute Gasteiger partial charge is 0.469 e. The maximum absolute atomic E-state index is 13.0. The monoisotopic (exact) mass is 276 g/mol. The maximum atomic E-state index is 13.0. The molecule has 0 saturated heterocycles. The van der Waals surface area contributed by atoms with E-state index in [0.717, 1.165) is 18.2 Å². The number of ether oxygens (including phenoxy) is 1. The van der Waals surface area contributed by atoms with E-state index < -0.39 is 21.8 Å². The van der Waals surface area contributed by atoms with Crippen LogP contribution in [-0.4, -0.2) is 28.0 Å². The zero-order valence-electron chi connectivity index (χ0n) is 9.64. The fraction of sp³-hybridized carbons (Fsp3) is 0.300. The van der Waals surface area contributed by atoms with E-state index in [-0.39, 0.29) is 23.5 Å². The molecule has 0 atom stereocenters. The first-order valence-electron chi connectivity index (χ1n) is 4.97. The molecular weight excluding hydrogens is 263 g/mol. The van der Waals surface area contributed by atoms with Gasteiger partial charge in [0.15, 0.2) is 0 Å². The third-order valence-electron chi connectivity index (χ3n) is 2.05. The molecule has 1 aromatic carbocycles. The summed E-state index contributed by atoms with van der Waals surface area (Å²) in [6.45, 7) is -0.134. The molecule has 3 N–H and O–H groups in total. The number of nitrogens with two attached hydrogens (primary N) is 1. The van der Waals surface area contributed by atoms with Crippen molar-refractivity contribution in [2.75, 3.05) is 19.4 Å². The number of methoxy groups -OCH3 is 1. The second kappa shape index (κ2) is 5.78. The Kier molecular flexibility index (Phi) is 4.62. The van der Waals surface area contributed by atoms with Gasteiger partial charge in [0.05, 0.1) is 18.4 Å². The van der Waals surface area contributed by atoms with Gasteiger partial charge in [-0.2, -0.15) is 0 Å². The van der Waals surface area contributed by atoms with Gasteiger partial charge in [0.25, 0.3) is 0 Å². The number of hydrogen-bond acceptors (Lipinski definition) is 5. The SMILES string of the molecule is COC(=O)CCNS(=O)(=O)c1cc(N)cc(F)c1. The highest BCUT2D eigenvalue weighted by molar-refractivity contribution is 7.89. The molecule has 0 bridgehead atoms. The van der Waals surface area contributed by atoms with Crippen molar-refractivity contribution in [3.63, 3.8) is 0 Å². The number of sulfonamides is 1. The van der Waals surface area contributed by atoms with Crippen LogP contribution in [-0.2, 0) is 19.6 Å². The average Bonchev–Trinajstić information content (AvgIpc) is 2.27. The number of carbonyl (C=O) groups is 1. The van der Waals surface area contributed by atoms with E-state index in [1.807, 2.05) is 0 Å². The van der Waals surface area contributed by atoms with Gasteiger partial charge in [-0.1, -0.05) is 0 Å². The van der Waals surface area contributed by atoms with Gasteiger partial charge in [-0.25, -0.2) is 17.5 Å². The molecule has 0 heterocycles. The summed E-state index contributed by atoms with van der Waals surface area (Å²) >= 11 is 0. The van der Waals surface area contributed by atoms with Crippen LogP contribution in [0.2, 0.25) is 0 Å². The van der Waals surface area contributed by atoms with Crippen molar-refractivity contribution in [2.45, 2.75) is 11.3 Å². The fourth-order valence-corrected chi connectivity index (χ4v) is 2.31. The standard InChI is InChI=1S/C10H13FN2O4S/c1-17-10(14)2-3-13-18(15,16)9-5-7(11)4-8(12)6-9/h4-6,13H,2-3,12H2,1H3. The minimum atomic E-state index is -3.89. The lowest BCUT2D eigenvalue weighted by Crippen LogP contribution is -2.26. The fourth-order valence-electron chi connectivity index (χ4n) is 1.21. The highest BCUT2D eigenvalue weighted by Crippen LogP contribution is 2.15. The number of halogens is 1. The van der Waals surface area contributed by atoms with Crippen LogP contribution in [0.3, 0.4) is 0 Å². The van der Waals surface area contributed by atoms with Crippen LogP contribution >= 0.6 is 0 Å². The van der Waals surface area contributed by atoms with Gasteiger partial charge >= 0.3 is 5.97 Å². The number of nitrogens with one attached hydrogen (secondary N) is 1. The summed E-state index contributed by atoms with van der Waals surface area (Å²) in [7, 11) is -2.69. The van der Waals surface area contributed by atoms with Gasteiger partial charge in [-0.05, 0) is 18.2 Å². The number of rotatable bonds is 5. The number of hydrogen-bond donors (Lipinski definition) is 2. The van der Waals surface area contributed by atoms with E-state index in [1.165, 1.54) is 7.11 Å². The Hall–Kier alpha value is -1.67. The molecule has 0 spiro atoms. The van der Waals surface area contributed by atoms with E-state index >= 15 is 0 Å². The second-order valence-corrected chi connectivity index (χ2v) is 5.21. The summed E-state index contributed by atoms with van der Waals surface area (Å²) in [6, 6.07) is 2.98. The highest BCUT2D eigenvalue weighted by atomic mass is 32.2. The van der Waals surface area contributed by atoms with Gasteiger partial charge in [0.1, 0.15) is 5.82 Å². The lowest BCUT2D eigenvalue weighted by atomic mass is 10.3. The third-order valence-corrected chi connectivity index (χ3v) is 3.49. The number of anilines is 1. The van der Waals surface area contributed by atoms with E-state index in [1.54, 1.807) is 0 Å². The summed E-state index contributed by atoms with van der Waals surface area (Å²) in [6.07, 6.45) is -0.111. The summed E-state index contributed by atoms with van der Waals surface area (Å²) in [5.74, 6) is -1.29. The number of esters is 1. The number of nitrogen functional groups attached to an aromatic ring is 1. The Labute approximate surface area is 104 Å². The Balaban J connectivity index is 2.77. The van der Waals surface area contributed by atoms with E-state index in [9.17, 15) is 17.6 Å². The van der Waals surface area contributed by atoms with Crippen molar-refractivity contribution in [1.82, 2.24) is 4.72 Å². The predicted molar refractivity (Wildman–Crippen MR) is 62.6 cm³/mol. The minimum Gasteiger partial charge on any atom is -0.469 e. The van der Waals surface area contributed by atoms with Crippen LogP contribution in [0.4, 0.5) is 10.1 Å². The first-order valence-corrected chi connectivity index (χ1v) is 6.46. The zero-order valence-corrected chi connectivity index (χ0v) is 10.5. The smallest absolute Gasteiger partial charge is 0.306 e. The molecular formula is C10H13FN2O4S. The first-order chi connectivity index (χ1) is 8.35. The molecule has 0 fully saturated rings. The highest BCUT2D eigenvalue weighted by Gasteiger charge is 2.15. The molecule has 0 unspecified atom stereocenters. The lowest BCUT2D eigenvalue weighted by molar-refractivity contribution is -0.140. The van der Waals surface area contributed by atoms with Crippen LogP contribution in [0.15, 0.2) is 23.1 Å². The van der Waals surface area contributed by atoms with Crippen LogP contribution in [0, 0.1) is 5.82 Å². The summed E-state index contributed by atoms with van der Waals surface area (Å²) in [4.78, 5) is 10.5. The average molecular weight is 276 g/mol. The van der Waals surface area contributed by atoms with Crippen LogP contribution in [0.1, 0.15) is 6.42 Å². The van der Waals surface area contributed by atoms with Crippen molar-refractivity contribution in [3.8, 4) is 0 Å². The first kappa shape index (κ1) is 14.4. The molecule has 0 aliphatic rings. The molecule has 100 valence electrons. The minimum absolute atomic E-state index is 0.00310. The molecule has 0 aliphatic heterocycles. The summed E-state index contributed by atoms with van der Waals surface area (Å²) in [5, 5.41) is 0. The van der Waals surface area contributed by atoms with Crippen molar-refractivity contribution >= 4 is 21.7 Å². The van der Waals surface area contributed by atoms with Crippen molar-refractivity contribution in [2.24, 2.45) is 0 Å². The van der Waals surface area contributed by atoms with Crippen LogP contribution in [0.25, 0.3) is 0 Å². The molecule has 0 amide bonds. The van der Waals surface area contributed by atoms with Gasteiger partial charge in [-0.15, -0.1) is 0 Å². The van der Waals surface area contributed by atoms with Gasteiger partial charge in [0.2, 0.25) is 10.0 Å².